The third-order valence-corrected chi connectivity index (χ3v) is 2.74. The number of aromatic nitrogens is 3. The number of fused-ring (bicyclic) bond motifs is 1. The smallest absolute Gasteiger partial charge is 0.178 e. The molecule has 0 aliphatic rings. The van der Waals surface area contributed by atoms with E-state index in [4.69, 9.17) is 5.73 Å². The van der Waals surface area contributed by atoms with Crippen LogP contribution in [0.15, 0.2) is 30.5 Å². The summed E-state index contributed by atoms with van der Waals surface area (Å²) >= 11 is 0. The third-order valence-electron chi connectivity index (χ3n) is 2.74. The second-order valence-corrected chi connectivity index (χ2v) is 4.21. The largest absolute Gasteiger partial charge is 0.396 e. The van der Waals surface area contributed by atoms with Crippen molar-refractivity contribution < 1.29 is 4.39 Å². The van der Waals surface area contributed by atoms with Crippen LogP contribution in [0, 0.1) is 12.7 Å². The summed E-state index contributed by atoms with van der Waals surface area (Å²) in [4.78, 5) is 11.7. The van der Waals surface area contributed by atoms with E-state index in [9.17, 15) is 4.39 Å². The molecule has 18 heavy (non-hydrogen) atoms. The van der Waals surface area contributed by atoms with E-state index in [1.54, 1.807) is 18.3 Å². The zero-order chi connectivity index (χ0) is 12.7. The Morgan fingerprint density at radius 1 is 1.28 bits per heavy atom. The lowest BCUT2D eigenvalue weighted by Gasteiger charge is -1.99. The second kappa shape index (κ2) is 3.80. The van der Waals surface area contributed by atoms with Crippen molar-refractivity contribution in [3.8, 4) is 11.4 Å². The highest BCUT2D eigenvalue weighted by Gasteiger charge is 2.08. The lowest BCUT2D eigenvalue weighted by atomic mass is 10.2. The molecule has 90 valence electrons. The first kappa shape index (κ1) is 10.7. The molecule has 0 saturated carbocycles. The van der Waals surface area contributed by atoms with E-state index in [2.05, 4.69) is 15.0 Å². The molecule has 1 aromatic carbocycles. The van der Waals surface area contributed by atoms with Gasteiger partial charge in [-0.2, -0.15) is 0 Å². The maximum atomic E-state index is 13.1. The van der Waals surface area contributed by atoms with Gasteiger partial charge in [-0.25, -0.2) is 14.4 Å². The monoisotopic (exact) mass is 242 g/mol. The lowest BCUT2D eigenvalue weighted by Crippen LogP contribution is -1.91. The van der Waals surface area contributed by atoms with Crippen LogP contribution in [0.25, 0.3) is 22.6 Å². The van der Waals surface area contributed by atoms with Crippen LogP contribution in [-0.2, 0) is 0 Å². The number of imidazole rings is 1. The Hall–Kier alpha value is -2.43. The van der Waals surface area contributed by atoms with Crippen molar-refractivity contribution in [2.75, 3.05) is 5.73 Å². The Morgan fingerprint density at radius 2 is 2.11 bits per heavy atom. The fourth-order valence-electron chi connectivity index (χ4n) is 1.83. The molecule has 5 heteroatoms. The average Bonchev–Trinajstić information content (AvgIpc) is 2.75. The van der Waals surface area contributed by atoms with Crippen molar-refractivity contribution in [1.82, 2.24) is 15.0 Å². The number of nitrogens with two attached hydrogens (primary N) is 1. The summed E-state index contributed by atoms with van der Waals surface area (Å²) in [7, 11) is 0. The standard InChI is InChI=1S/C13H11FN4/c1-7-4-11-13(16-6-7)18-12(17-11)8-2-3-9(14)10(15)5-8/h2-6H,15H2,1H3,(H,16,17,18). The summed E-state index contributed by atoms with van der Waals surface area (Å²) in [6.07, 6.45) is 1.76. The Bertz CT molecular complexity index is 733. The van der Waals surface area contributed by atoms with Gasteiger partial charge in [-0.05, 0) is 36.8 Å². The summed E-state index contributed by atoms with van der Waals surface area (Å²) in [6, 6.07) is 6.48. The first-order valence-corrected chi connectivity index (χ1v) is 5.51. The van der Waals surface area contributed by atoms with Crippen LogP contribution in [0.1, 0.15) is 5.56 Å². The molecule has 0 saturated heterocycles. The molecule has 0 aliphatic heterocycles. The van der Waals surface area contributed by atoms with E-state index < -0.39 is 5.82 Å². The van der Waals surface area contributed by atoms with Crippen LogP contribution >= 0.6 is 0 Å². The number of nitrogens with zero attached hydrogens (tertiary/aromatic N) is 2. The van der Waals surface area contributed by atoms with E-state index in [1.165, 1.54) is 6.07 Å². The van der Waals surface area contributed by atoms with Crippen molar-refractivity contribution in [1.29, 1.82) is 0 Å². The molecule has 2 heterocycles. The quantitative estimate of drug-likeness (QED) is 0.644. The minimum absolute atomic E-state index is 0.108. The number of aryl methyl sites for hydroxylation is 1. The van der Waals surface area contributed by atoms with Gasteiger partial charge in [0.05, 0.1) is 11.2 Å². The number of hydrogen-bond acceptors (Lipinski definition) is 3. The van der Waals surface area contributed by atoms with Crippen molar-refractivity contribution in [3.63, 3.8) is 0 Å². The molecule has 4 nitrogen and oxygen atoms in total. The van der Waals surface area contributed by atoms with Crippen molar-refractivity contribution in [2.24, 2.45) is 0 Å². The normalized spacial score (nSPS) is 11.0. The van der Waals surface area contributed by atoms with Gasteiger partial charge in [0.1, 0.15) is 11.6 Å². The highest BCUT2D eigenvalue weighted by Crippen LogP contribution is 2.23. The van der Waals surface area contributed by atoms with Gasteiger partial charge in [-0.3, -0.25) is 0 Å². The minimum atomic E-state index is -0.427. The topological polar surface area (TPSA) is 67.6 Å². The van der Waals surface area contributed by atoms with E-state index in [0.29, 0.717) is 11.5 Å². The number of anilines is 1. The number of hydrogen-bond donors (Lipinski definition) is 2. The molecule has 0 atom stereocenters. The maximum Gasteiger partial charge on any atom is 0.178 e. The Morgan fingerprint density at radius 3 is 2.89 bits per heavy atom. The number of halogens is 1. The van der Waals surface area contributed by atoms with Gasteiger partial charge in [0.15, 0.2) is 5.65 Å². The van der Waals surface area contributed by atoms with Gasteiger partial charge in [-0.15, -0.1) is 0 Å². The molecule has 2 aromatic heterocycles. The van der Waals surface area contributed by atoms with Crippen LogP contribution in [0.4, 0.5) is 10.1 Å². The summed E-state index contributed by atoms with van der Waals surface area (Å²) in [5, 5.41) is 0. The van der Waals surface area contributed by atoms with Gasteiger partial charge in [0, 0.05) is 11.8 Å². The summed E-state index contributed by atoms with van der Waals surface area (Å²) < 4.78 is 13.1. The number of aromatic amines is 1. The molecule has 3 aromatic rings. The fraction of sp³-hybridized carbons (Fsp3) is 0.0769. The van der Waals surface area contributed by atoms with Crippen molar-refractivity contribution in [3.05, 3.63) is 41.8 Å². The summed E-state index contributed by atoms with van der Waals surface area (Å²) in [6.45, 7) is 1.96. The van der Waals surface area contributed by atoms with E-state index in [-0.39, 0.29) is 5.69 Å². The van der Waals surface area contributed by atoms with Gasteiger partial charge in [-0.1, -0.05) is 0 Å². The highest BCUT2D eigenvalue weighted by molar-refractivity contribution is 5.76. The molecule has 0 bridgehead atoms. The molecule has 0 amide bonds. The van der Waals surface area contributed by atoms with Crippen LogP contribution in [0.2, 0.25) is 0 Å². The molecule has 0 unspecified atom stereocenters. The predicted molar refractivity (Wildman–Crippen MR) is 68.4 cm³/mol. The molecule has 0 aliphatic carbocycles. The molecule has 0 radical (unpaired) electrons. The number of benzene rings is 1. The summed E-state index contributed by atoms with van der Waals surface area (Å²) in [5.74, 6) is 0.207. The van der Waals surface area contributed by atoms with Crippen molar-refractivity contribution in [2.45, 2.75) is 6.92 Å². The predicted octanol–water partition coefficient (Wildman–Crippen LogP) is 2.65. The van der Waals surface area contributed by atoms with Crippen LogP contribution < -0.4 is 5.73 Å². The minimum Gasteiger partial charge on any atom is -0.396 e. The molecule has 3 N–H and O–H groups in total. The van der Waals surface area contributed by atoms with Gasteiger partial charge < -0.3 is 10.7 Å². The fourth-order valence-corrected chi connectivity index (χ4v) is 1.83. The molecule has 0 spiro atoms. The molecular weight excluding hydrogens is 231 g/mol. The van der Waals surface area contributed by atoms with E-state index in [0.717, 1.165) is 16.6 Å². The Labute approximate surface area is 103 Å². The number of pyridine rings is 1. The SMILES string of the molecule is Cc1cnc2nc(-c3ccc(F)c(N)c3)[nH]c2c1. The van der Waals surface area contributed by atoms with E-state index in [1.807, 2.05) is 13.0 Å². The summed E-state index contributed by atoms with van der Waals surface area (Å²) in [5.41, 5.74) is 8.94. The van der Waals surface area contributed by atoms with Gasteiger partial charge >= 0.3 is 0 Å². The van der Waals surface area contributed by atoms with E-state index >= 15 is 0 Å². The van der Waals surface area contributed by atoms with Crippen LogP contribution in [-0.4, -0.2) is 15.0 Å². The maximum absolute atomic E-state index is 13.1. The Balaban J connectivity index is 2.16. The van der Waals surface area contributed by atoms with Crippen LogP contribution in [0.3, 0.4) is 0 Å². The van der Waals surface area contributed by atoms with Crippen LogP contribution in [0.5, 0.6) is 0 Å². The first-order chi connectivity index (χ1) is 8.63. The highest BCUT2D eigenvalue weighted by atomic mass is 19.1. The number of H-pyrrole nitrogens is 1. The third kappa shape index (κ3) is 1.69. The first-order valence-electron chi connectivity index (χ1n) is 5.51. The number of rotatable bonds is 1. The Kier molecular flexibility index (Phi) is 2.26. The lowest BCUT2D eigenvalue weighted by molar-refractivity contribution is 0.632. The number of nitrogens with one attached hydrogen (secondary N) is 1. The molecule has 0 fully saturated rings. The zero-order valence-electron chi connectivity index (χ0n) is 9.74. The molecular formula is C13H11FN4. The second-order valence-electron chi connectivity index (χ2n) is 4.21. The molecule has 3 rings (SSSR count). The average molecular weight is 242 g/mol. The number of nitrogen functional groups attached to an aromatic ring is 1. The van der Waals surface area contributed by atoms with Gasteiger partial charge in [0.2, 0.25) is 0 Å². The van der Waals surface area contributed by atoms with Crippen molar-refractivity contribution >= 4 is 16.9 Å². The van der Waals surface area contributed by atoms with Gasteiger partial charge in [0.25, 0.3) is 0 Å². The zero-order valence-corrected chi connectivity index (χ0v) is 9.74.